The number of aromatic nitrogens is 2. The van der Waals surface area contributed by atoms with Gasteiger partial charge in [0.05, 0.1) is 17.6 Å². The molecule has 4 nitrogen and oxygen atoms in total. The fourth-order valence-corrected chi connectivity index (χ4v) is 2.72. The summed E-state index contributed by atoms with van der Waals surface area (Å²) >= 11 is 0. The van der Waals surface area contributed by atoms with Gasteiger partial charge in [-0.1, -0.05) is 12.1 Å². The third kappa shape index (κ3) is 2.20. The summed E-state index contributed by atoms with van der Waals surface area (Å²) in [5.41, 5.74) is 2.16. The summed E-state index contributed by atoms with van der Waals surface area (Å²) in [7, 11) is 1.78. The average molecular weight is 245 g/mol. The lowest BCUT2D eigenvalue weighted by atomic mass is 9.99. The highest BCUT2D eigenvalue weighted by Gasteiger charge is 2.21. The van der Waals surface area contributed by atoms with Crippen LogP contribution >= 0.6 is 0 Å². The second kappa shape index (κ2) is 4.98. The molecule has 0 aliphatic carbocycles. The lowest BCUT2D eigenvalue weighted by molar-refractivity contribution is 0.143. The van der Waals surface area contributed by atoms with Crippen molar-refractivity contribution < 1.29 is 4.74 Å². The maximum atomic E-state index is 5.27. The van der Waals surface area contributed by atoms with Gasteiger partial charge in [-0.05, 0) is 30.9 Å². The largest absolute Gasteiger partial charge is 0.384 e. The van der Waals surface area contributed by atoms with Gasteiger partial charge in [-0.2, -0.15) is 0 Å². The zero-order valence-electron chi connectivity index (χ0n) is 10.7. The van der Waals surface area contributed by atoms with Crippen molar-refractivity contribution in [3.63, 3.8) is 0 Å². The van der Waals surface area contributed by atoms with Gasteiger partial charge in [-0.3, -0.25) is 0 Å². The number of piperidine rings is 1. The van der Waals surface area contributed by atoms with Crippen LogP contribution in [0, 0.1) is 5.92 Å². The van der Waals surface area contributed by atoms with E-state index < -0.39 is 0 Å². The first-order chi connectivity index (χ1) is 8.86. The summed E-state index contributed by atoms with van der Waals surface area (Å²) < 4.78 is 5.27. The van der Waals surface area contributed by atoms with Crippen LogP contribution in [0.2, 0.25) is 0 Å². The number of H-pyrrole nitrogens is 1. The van der Waals surface area contributed by atoms with Gasteiger partial charge in [0.2, 0.25) is 5.95 Å². The lowest BCUT2D eigenvalue weighted by Crippen LogP contribution is -2.37. The molecule has 4 heteroatoms. The molecule has 1 aromatic heterocycles. The SMILES string of the molecule is COCC1CCCN(c2nc3ccccc3[nH]2)C1. The van der Waals surface area contributed by atoms with E-state index in [1.165, 1.54) is 12.8 Å². The normalized spacial score (nSPS) is 20.5. The van der Waals surface area contributed by atoms with E-state index in [0.717, 1.165) is 36.7 Å². The second-order valence-corrected chi connectivity index (χ2v) is 4.99. The van der Waals surface area contributed by atoms with E-state index in [4.69, 9.17) is 4.74 Å². The molecule has 2 heterocycles. The standard InChI is InChI=1S/C14H19N3O/c1-18-10-11-5-4-8-17(9-11)14-15-12-6-2-3-7-13(12)16-14/h2-3,6-7,11H,4-5,8-10H2,1H3,(H,15,16). The van der Waals surface area contributed by atoms with Crippen LogP contribution in [0.4, 0.5) is 5.95 Å². The van der Waals surface area contributed by atoms with Crippen molar-refractivity contribution in [2.45, 2.75) is 12.8 Å². The van der Waals surface area contributed by atoms with Crippen molar-refractivity contribution in [3.8, 4) is 0 Å². The van der Waals surface area contributed by atoms with Crippen molar-refractivity contribution in [1.82, 2.24) is 9.97 Å². The van der Waals surface area contributed by atoms with Crippen LogP contribution in [0.3, 0.4) is 0 Å². The van der Waals surface area contributed by atoms with Gasteiger partial charge in [-0.25, -0.2) is 4.98 Å². The molecule has 1 fully saturated rings. The number of imidazole rings is 1. The van der Waals surface area contributed by atoms with E-state index in [9.17, 15) is 0 Å². The number of aromatic amines is 1. The minimum Gasteiger partial charge on any atom is -0.384 e. The molecular formula is C14H19N3O. The number of hydrogen-bond acceptors (Lipinski definition) is 3. The van der Waals surface area contributed by atoms with E-state index in [1.54, 1.807) is 7.11 Å². The highest BCUT2D eigenvalue weighted by atomic mass is 16.5. The Kier molecular flexibility index (Phi) is 3.19. The number of rotatable bonds is 3. The Labute approximate surface area is 107 Å². The van der Waals surface area contributed by atoms with Crippen LogP contribution in [0.1, 0.15) is 12.8 Å². The average Bonchev–Trinajstić information content (AvgIpc) is 2.83. The number of ether oxygens (including phenoxy) is 1. The van der Waals surface area contributed by atoms with E-state index in [1.807, 2.05) is 18.2 Å². The lowest BCUT2D eigenvalue weighted by Gasteiger charge is -2.32. The van der Waals surface area contributed by atoms with Crippen LogP contribution in [-0.4, -0.2) is 36.8 Å². The smallest absolute Gasteiger partial charge is 0.203 e. The molecule has 1 atom stereocenters. The molecule has 3 rings (SSSR count). The maximum Gasteiger partial charge on any atom is 0.203 e. The fraction of sp³-hybridized carbons (Fsp3) is 0.500. The van der Waals surface area contributed by atoms with Gasteiger partial charge in [0.1, 0.15) is 0 Å². The summed E-state index contributed by atoms with van der Waals surface area (Å²) in [6.45, 7) is 2.96. The van der Waals surface area contributed by atoms with Crippen LogP contribution in [0.25, 0.3) is 11.0 Å². The van der Waals surface area contributed by atoms with Gasteiger partial charge < -0.3 is 14.6 Å². The Bertz CT molecular complexity index is 487. The van der Waals surface area contributed by atoms with E-state index >= 15 is 0 Å². The molecule has 0 spiro atoms. The van der Waals surface area contributed by atoms with Crippen molar-refractivity contribution in [3.05, 3.63) is 24.3 Å². The molecule has 1 aromatic carbocycles. The molecule has 1 N–H and O–H groups in total. The topological polar surface area (TPSA) is 41.1 Å². The minimum atomic E-state index is 0.622. The molecule has 0 bridgehead atoms. The van der Waals surface area contributed by atoms with E-state index in [-0.39, 0.29) is 0 Å². The van der Waals surface area contributed by atoms with E-state index in [0.29, 0.717) is 5.92 Å². The van der Waals surface area contributed by atoms with Crippen LogP contribution < -0.4 is 4.90 Å². The Morgan fingerprint density at radius 2 is 2.33 bits per heavy atom. The van der Waals surface area contributed by atoms with Gasteiger partial charge in [-0.15, -0.1) is 0 Å². The Balaban J connectivity index is 1.80. The van der Waals surface area contributed by atoms with Gasteiger partial charge in [0.15, 0.2) is 0 Å². The Morgan fingerprint density at radius 1 is 1.44 bits per heavy atom. The van der Waals surface area contributed by atoms with Gasteiger partial charge in [0.25, 0.3) is 0 Å². The van der Waals surface area contributed by atoms with Crippen molar-refractivity contribution in [2.75, 3.05) is 31.7 Å². The number of methoxy groups -OCH3 is 1. The minimum absolute atomic E-state index is 0.622. The predicted octanol–water partition coefficient (Wildman–Crippen LogP) is 2.43. The molecule has 1 aliphatic rings. The van der Waals surface area contributed by atoms with E-state index in [2.05, 4.69) is 20.9 Å². The van der Waals surface area contributed by atoms with Crippen LogP contribution in [0.5, 0.6) is 0 Å². The molecule has 1 unspecified atom stereocenters. The number of nitrogens with one attached hydrogen (secondary N) is 1. The highest BCUT2D eigenvalue weighted by Crippen LogP contribution is 2.23. The molecule has 18 heavy (non-hydrogen) atoms. The predicted molar refractivity (Wildman–Crippen MR) is 72.9 cm³/mol. The number of hydrogen-bond donors (Lipinski definition) is 1. The summed E-state index contributed by atoms with van der Waals surface area (Å²) in [5, 5.41) is 0. The quantitative estimate of drug-likeness (QED) is 0.903. The first-order valence-electron chi connectivity index (χ1n) is 6.55. The summed E-state index contributed by atoms with van der Waals surface area (Å²) in [5.74, 6) is 1.62. The van der Waals surface area contributed by atoms with Crippen molar-refractivity contribution in [1.29, 1.82) is 0 Å². The molecule has 1 aliphatic heterocycles. The Morgan fingerprint density at radius 3 is 3.17 bits per heavy atom. The molecule has 2 aromatic rings. The number of fused-ring (bicyclic) bond motifs is 1. The molecule has 96 valence electrons. The molecule has 1 saturated heterocycles. The summed E-state index contributed by atoms with van der Waals surface area (Å²) in [6.07, 6.45) is 2.47. The first kappa shape index (κ1) is 11.5. The zero-order chi connectivity index (χ0) is 12.4. The second-order valence-electron chi connectivity index (χ2n) is 4.99. The van der Waals surface area contributed by atoms with Crippen LogP contribution in [-0.2, 0) is 4.74 Å². The third-order valence-corrected chi connectivity index (χ3v) is 3.60. The van der Waals surface area contributed by atoms with Crippen molar-refractivity contribution in [2.24, 2.45) is 5.92 Å². The third-order valence-electron chi connectivity index (χ3n) is 3.60. The molecule has 0 saturated carbocycles. The van der Waals surface area contributed by atoms with Gasteiger partial charge >= 0.3 is 0 Å². The number of benzene rings is 1. The van der Waals surface area contributed by atoms with Gasteiger partial charge in [0, 0.05) is 20.2 Å². The Hall–Kier alpha value is -1.55. The maximum absolute atomic E-state index is 5.27. The zero-order valence-corrected chi connectivity index (χ0v) is 10.7. The fourth-order valence-electron chi connectivity index (χ4n) is 2.72. The molecule has 0 amide bonds. The molecule has 0 radical (unpaired) electrons. The summed E-state index contributed by atoms with van der Waals surface area (Å²) in [4.78, 5) is 10.4. The summed E-state index contributed by atoms with van der Waals surface area (Å²) in [6, 6.07) is 8.18. The number of para-hydroxylation sites is 2. The molecular weight excluding hydrogens is 226 g/mol. The number of nitrogens with zero attached hydrogens (tertiary/aromatic N) is 2. The first-order valence-corrected chi connectivity index (χ1v) is 6.55. The monoisotopic (exact) mass is 245 g/mol. The highest BCUT2D eigenvalue weighted by molar-refractivity contribution is 5.77. The van der Waals surface area contributed by atoms with Crippen molar-refractivity contribution >= 4 is 17.0 Å². The van der Waals surface area contributed by atoms with Crippen LogP contribution in [0.15, 0.2) is 24.3 Å². The number of anilines is 1.